The summed E-state index contributed by atoms with van der Waals surface area (Å²) in [6.07, 6.45) is 1.75. The first kappa shape index (κ1) is 20.1. The normalized spacial score (nSPS) is 11.0. The topological polar surface area (TPSA) is 46.5 Å². The Morgan fingerprint density at radius 1 is 1.07 bits per heavy atom. The van der Waals surface area contributed by atoms with Crippen LogP contribution in [-0.2, 0) is 6.61 Å². The van der Waals surface area contributed by atoms with Crippen LogP contribution in [0, 0.1) is 6.92 Å². The minimum atomic E-state index is 0.416. The number of anilines is 1. The summed E-state index contributed by atoms with van der Waals surface area (Å²) in [7, 11) is 0. The van der Waals surface area contributed by atoms with Crippen molar-refractivity contribution in [3.05, 3.63) is 99.9 Å². The first-order chi connectivity index (χ1) is 14.7. The first-order valence-electron chi connectivity index (χ1n) is 9.45. The van der Waals surface area contributed by atoms with Gasteiger partial charge in [-0.3, -0.25) is 5.43 Å². The molecule has 0 amide bonds. The van der Waals surface area contributed by atoms with E-state index in [4.69, 9.17) is 16.3 Å². The molecule has 0 unspecified atom stereocenters. The molecular weight excluding hydrogens is 414 g/mol. The Kier molecular flexibility index (Phi) is 6.42. The predicted molar refractivity (Wildman–Crippen MR) is 126 cm³/mol. The maximum atomic E-state index is 6.18. The van der Waals surface area contributed by atoms with Crippen molar-refractivity contribution in [3.8, 4) is 17.0 Å². The molecule has 150 valence electrons. The highest BCUT2D eigenvalue weighted by atomic mass is 35.5. The van der Waals surface area contributed by atoms with Gasteiger partial charge < -0.3 is 4.74 Å². The van der Waals surface area contributed by atoms with E-state index in [1.807, 2.05) is 53.9 Å². The molecule has 0 spiro atoms. The molecular formula is C24H20ClN3OS. The summed E-state index contributed by atoms with van der Waals surface area (Å²) < 4.78 is 5.86. The Morgan fingerprint density at radius 3 is 2.73 bits per heavy atom. The third-order valence-electron chi connectivity index (χ3n) is 4.44. The molecule has 1 N–H and O–H groups in total. The molecule has 0 saturated heterocycles. The fourth-order valence-corrected chi connectivity index (χ4v) is 3.66. The lowest BCUT2D eigenvalue weighted by Gasteiger charge is -2.08. The van der Waals surface area contributed by atoms with Gasteiger partial charge in [-0.1, -0.05) is 71.8 Å². The van der Waals surface area contributed by atoms with Crippen LogP contribution in [0.3, 0.4) is 0 Å². The summed E-state index contributed by atoms with van der Waals surface area (Å²) in [4.78, 5) is 4.59. The van der Waals surface area contributed by atoms with Gasteiger partial charge in [-0.05, 0) is 30.7 Å². The smallest absolute Gasteiger partial charge is 0.203 e. The number of hydrazone groups is 1. The summed E-state index contributed by atoms with van der Waals surface area (Å²) in [5.41, 5.74) is 8.14. The summed E-state index contributed by atoms with van der Waals surface area (Å²) >= 11 is 7.70. The van der Waals surface area contributed by atoms with Crippen molar-refractivity contribution in [2.24, 2.45) is 5.10 Å². The van der Waals surface area contributed by atoms with Gasteiger partial charge in [0.2, 0.25) is 5.13 Å². The summed E-state index contributed by atoms with van der Waals surface area (Å²) in [5, 5.41) is 7.77. The van der Waals surface area contributed by atoms with Gasteiger partial charge in [0.1, 0.15) is 12.4 Å². The zero-order valence-corrected chi connectivity index (χ0v) is 18.0. The van der Waals surface area contributed by atoms with Crippen LogP contribution in [0.2, 0.25) is 5.02 Å². The molecule has 0 fully saturated rings. The van der Waals surface area contributed by atoms with E-state index in [1.165, 1.54) is 16.9 Å². The lowest BCUT2D eigenvalue weighted by molar-refractivity contribution is 0.306. The second kappa shape index (κ2) is 9.57. The van der Waals surface area contributed by atoms with E-state index in [2.05, 4.69) is 46.7 Å². The van der Waals surface area contributed by atoms with E-state index >= 15 is 0 Å². The van der Waals surface area contributed by atoms with Crippen LogP contribution in [0.4, 0.5) is 5.13 Å². The van der Waals surface area contributed by atoms with Gasteiger partial charge in [0.15, 0.2) is 0 Å². The zero-order chi connectivity index (χ0) is 20.8. The number of aryl methyl sites for hydroxylation is 1. The quantitative estimate of drug-likeness (QED) is 0.257. The lowest BCUT2D eigenvalue weighted by Crippen LogP contribution is -1.97. The maximum absolute atomic E-state index is 6.18. The first-order valence-corrected chi connectivity index (χ1v) is 10.7. The fourth-order valence-electron chi connectivity index (χ4n) is 2.81. The number of thiazole rings is 1. The molecule has 1 heterocycles. The number of hydrogen-bond acceptors (Lipinski definition) is 5. The molecule has 0 saturated carbocycles. The number of ether oxygens (including phenoxy) is 1. The number of nitrogens with zero attached hydrogens (tertiary/aromatic N) is 2. The molecule has 0 aliphatic rings. The summed E-state index contributed by atoms with van der Waals surface area (Å²) in [6.45, 7) is 2.49. The molecule has 4 nitrogen and oxygen atoms in total. The molecule has 30 heavy (non-hydrogen) atoms. The second-order valence-corrected chi connectivity index (χ2v) is 7.99. The van der Waals surface area contributed by atoms with Crippen molar-refractivity contribution in [1.82, 2.24) is 4.98 Å². The largest absolute Gasteiger partial charge is 0.489 e. The standard InChI is InChI=1S/C24H20ClN3OS/c1-17-9-11-19(12-10-17)23-16-30-24(27-23)28-26-14-18-5-4-7-21(13-18)29-15-20-6-2-3-8-22(20)25/h2-14,16H,15H2,1H3,(H,27,28)/b26-14-. The molecule has 6 heteroatoms. The van der Waals surface area contributed by atoms with E-state index < -0.39 is 0 Å². The summed E-state index contributed by atoms with van der Waals surface area (Å²) in [5.74, 6) is 0.759. The zero-order valence-electron chi connectivity index (χ0n) is 16.4. The number of hydrogen-bond donors (Lipinski definition) is 1. The Morgan fingerprint density at radius 2 is 1.90 bits per heavy atom. The number of halogens is 1. The van der Waals surface area contributed by atoms with Crippen molar-refractivity contribution in [2.45, 2.75) is 13.5 Å². The van der Waals surface area contributed by atoms with Crippen LogP contribution in [0.25, 0.3) is 11.3 Å². The van der Waals surface area contributed by atoms with Gasteiger partial charge >= 0.3 is 0 Å². The third-order valence-corrected chi connectivity index (χ3v) is 5.55. The highest BCUT2D eigenvalue weighted by Gasteiger charge is 2.04. The summed E-state index contributed by atoms with van der Waals surface area (Å²) in [6, 6.07) is 23.7. The molecule has 0 aliphatic carbocycles. The van der Waals surface area contributed by atoms with Gasteiger partial charge in [-0.2, -0.15) is 5.10 Å². The number of benzene rings is 3. The van der Waals surface area contributed by atoms with Crippen molar-refractivity contribution in [2.75, 3.05) is 5.43 Å². The van der Waals surface area contributed by atoms with Gasteiger partial charge in [0, 0.05) is 21.5 Å². The molecule has 4 rings (SSSR count). The van der Waals surface area contributed by atoms with Crippen LogP contribution < -0.4 is 10.2 Å². The van der Waals surface area contributed by atoms with Crippen molar-refractivity contribution in [1.29, 1.82) is 0 Å². The van der Waals surface area contributed by atoms with Crippen LogP contribution >= 0.6 is 22.9 Å². The predicted octanol–water partition coefficient (Wildman–Crippen LogP) is 6.80. The van der Waals surface area contributed by atoms with Gasteiger partial charge in [-0.15, -0.1) is 11.3 Å². The minimum absolute atomic E-state index is 0.416. The van der Waals surface area contributed by atoms with Crippen LogP contribution in [0.5, 0.6) is 5.75 Å². The van der Waals surface area contributed by atoms with E-state index in [0.717, 1.165) is 33.3 Å². The molecule has 0 atom stereocenters. The average Bonchev–Trinajstić information content (AvgIpc) is 3.23. The monoisotopic (exact) mass is 433 g/mol. The van der Waals surface area contributed by atoms with Gasteiger partial charge in [0.05, 0.1) is 11.9 Å². The second-order valence-electron chi connectivity index (χ2n) is 6.73. The highest BCUT2D eigenvalue weighted by molar-refractivity contribution is 7.14. The number of nitrogens with one attached hydrogen (secondary N) is 1. The van der Waals surface area contributed by atoms with Crippen molar-refractivity contribution >= 4 is 34.3 Å². The van der Waals surface area contributed by atoms with Crippen LogP contribution in [0.15, 0.2) is 83.3 Å². The van der Waals surface area contributed by atoms with Crippen LogP contribution in [0.1, 0.15) is 16.7 Å². The van der Waals surface area contributed by atoms with Gasteiger partial charge in [-0.25, -0.2) is 4.98 Å². The third kappa shape index (κ3) is 5.26. The number of rotatable bonds is 7. The molecule has 1 aromatic heterocycles. The van der Waals surface area contributed by atoms with Gasteiger partial charge in [0.25, 0.3) is 0 Å². The SMILES string of the molecule is Cc1ccc(-c2csc(N/N=C\c3cccc(OCc4ccccc4Cl)c3)n2)cc1. The van der Waals surface area contributed by atoms with Crippen molar-refractivity contribution in [3.63, 3.8) is 0 Å². The molecule has 0 aliphatic heterocycles. The Bertz CT molecular complexity index is 1160. The van der Waals surface area contributed by atoms with E-state index in [9.17, 15) is 0 Å². The van der Waals surface area contributed by atoms with Crippen molar-refractivity contribution < 1.29 is 4.74 Å². The van der Waals surface area contributed by atoms with E-state index in [1.54, 1.807) is 6.21 Å². The van der Waals surface area contributed by atoms with E-state index in [-0.39, 0.29) is 0 Å². The number of aromatic nitrogens is 1. The lowest BCUT2D eigenvalue weighted by atomic mass is 10.1. The molecule has 0 radical (unpaired) electrons. The Hall–Kier alpha value is -3.15. The molecule has 3 aromatic carbocycles. The Labute approximate surface area is 184 Å². The minimum Gasteiger partial charge on any atom is -0.489 e. The van der Waals surface area contributed by atoms with Crippen LogP contribution in [-0.4, -0.2) is 11.2 Å². The van der Waals surface area contributed by atoms with E-state index in [0.29, 0.717) is 11.6 Å². The maximum Gasteiger partial charge on any atom is 0.203 e. The fraction of sp³-hybridized carbons (Fsp3) is 0.0833. The average molecular weight is 434 g/mol. The highest BCUT2D eigenvalue weighted by Crippen LogP contribution is 2.25. The molecule has 0 bridgehead atoms. The molecule has 4 aromatic rings. The Balaban J connectivity index is 1.36.